The van der Waals surface area contributed by atoms with Crippen LogP contribution in [0.1, 0.15) is 59.6 Å². The zero-order chi connectivity index (χ0) is 29.9. The van der Waals surface area contributed by atoms with Gasteiger partial charge in [-0.2, -0.15) is 0 Å². The summed E-state index contributed by atoms with van der Waals surface area (Å²) < 4.78 is 17.6. The van der Waals surface area contributed by atoms with Gasteiger partial charge in [0.2, 0.25) is 11.8 Å². The molecule has 220 valence electrons. The first kappa shape index (κ1) is 29.7. The number of aromatic nitrogens is 2. The van der Waals surface area contributed by atoms with E-state index in [0.29, 0.717) is 42.7 Å². The fourth-order valence-electron chi connectivity index (χ4n) is 4.81. The quantitative estimate of drug-likeness (QED) is 0.146. The average molecular weight is 576 g/mol. The third-order valence-electron chi connectivity index (χ3n) is 7.02. The van der Waals surface area contributed by atoms with Gasteiger partial charge in [-0.15, -0.1) is 10.2 Å². The van der Waals surface area contributed by atoms with Crippen LogP contribution < -0.4 is 10.1 Å². The number of hydrogen-bond donors (Lipinski definition) is 1. The molecule has 0 saturated carbocycles. The lowest BCUT2D eigenvalue weighted by Gasteiger charge is -2.14. The van der Waals surface area contributed by atoms with Crippen molar-refractivity contribution in [2.75, 3.05) is 13.2 Å². The molecule has 0 aliphatic rings. The summed E-state index contributed by atoms with van der Waals surface area (Å²) in [5, 5.41) is 11.4. The molecule has 1 aromatic heterocycles. The van der Waals surface area contributed by atoms with Crippen molar-refractivity contribution in [3.05, 3.63) is 132 Å². The molecule has 4 aromatic carbocycles. The van der Waals surface area contributed by atoms with Gasteiger partial charge in [0.1, 0.15) is 17.6 Å². The van der Waals surface area contributed by atoms with Crippen molar-refractivity contribution in [3.8, 4) is 22.6 Å². The lowest BCUT2D eigenvalue weighted by molar-refractivity contribution is 0.0422. The third-order valence-corrected chi connectivity index (χ3v) is 7.02. The van der Waals surface area contributed by atoms with E-state index in [9.17, 15) is 4.79 Å². The standard InChI is InChI=1S/C36H37N3O4/c1-3-9-34-38-39-36(43-34)33(41-4-2)25-27-14-16-28(17-15-27)30-11-8-10-26(24-30)22-23-37-35(40)29-18-20-32(21-19-29)42-31-12-6-5-7-13-31/h5-8,10-21,24,33H,3-4,9,22-23,25H2,1-2H3,(H,37,40). The summed E-state index contributed by atoms with van der Waals surface area (Å²) in [5.41, 5.74) is 5.15. The first-order valence-electron chi connectivity index (χ1n) is 14.8. The lowest BCUT2D eigenvalue weighted by Crippen LogP contribution is -2.25. The minimum atomic E-state index is -0.270. The fraction of sp³-hybridized carbons (Fsp3) is 0.250. The second-order valence-corrected chi connectivity index (χ2v) is 10.3. The van der Waals surface area contributed by atoms with E-state index in [1.807, 2.05) is 49.4 Å². The number of carbonyl (C=O) groups excluding carboxylic acids is 1. The Labute approximate surface area is 252 Å². The Morgan fingerprint density at radius 2 is 1.56 bits per heavy atom. The van der Waals surface area contributed by atoms with Crippen molar-refractivity contribution in [1.82, 2.24) is 15.5 Å². The molecular formula is C36H37N3O4. The Balaban J connectivity index is 1.14. The number of para-hydroxylation sites is 1. The summed E-state index contributed by atoms with van der Waals surface area (Å²) in [7, 11) is 0. The first-order chi connectivity index (χ1) is 21.1. The highest BCUT2D eigenvalue weighted by atomic mass is 16.5. The predicted octanol–water partition coefficient (Wildman–Crippen LogP) is 7.77. The maximum absolute atomic E-state index is 12.7. The van der Waals surface area contributed by atoms with Gasteiger partial charge >= 0.3 is 0 Å². The maximum atomic E-state index is 12.7. The number of benzene rings is 4. The highest BCUT2D eigenvalue weighted by Gasteiger charge is 2.20. The van der Waals surface area contributed by atoms with Gasteiger partial charge in [0.25, 0.3) is 5.91 Å². The lowest BCUT2D eigenvalue weighted by atomic mass is 9.99. The second-order valence-electron chi connectivity index (χ2n) is 10.3. The summed E-state index contributed by atoms with van der Waals surface area (Å²) in [6.45, 7) is 5.16. The van der Waals surface area contributed by atoms with Crippen LogP contribution in [0, 0.1) is 0 Å². The van der Waals surface area contributed by atoms with Crippen LogP contribution >= 0.6 is 0 Å². The van der Waals surface area contributed by atoms with Crippen LogP contribution in [-0.2, 0) is 24.0 Å². The van der Waals surface area contributed by atoms with Crippen LogP contribution in [0.5, 0.6) is 11.5 Å². The van der Waals surface area contributed by atoms with Crippen LogP contribution in [-0.4, -0.2) is 29.3 Å². The summed E-state index contributed by atoms with van der Waals surface area (Å²) in [4.78, 5) is 12.7. The van der Waals surface area contributed by atoms with Gasteiger partial charge in [-0.1, -0.05) is 73.7 Å². The van der Waals surface area contributed by atoms with E-state index >= 15 is 0 Å². The van der Waals surface area contributed by atoms with Crippen LogP contribution in [0.15, 0.2) is 108 Å². The molecule has 7 heteroatoms. The number of nitrogens with zero attached hydrogens (tertiary/aromatic N) is 2. The van der Waals surface area contributed by atoms with E-state index in [1.165, 1.54) is 0 Å². The monoisotopic (exact) mass is 575 g/mol. The summed E-state index contributed by atoms with van der Waals surface area (Å²) >= 11 is 0. The Morgan fingerprint density at radius 1 is 0.791 bits per heavy atom. The topological polar surface area (TPSA) is 86.5 Å². The SMILES string of the molecule is CCCc1nnc(C(Cc2ccc(-c3cccc(CCNC(=O)c4ccc(Oc5ccccc5)cc4)c3)cc2)OCC)o1. The predicted molar refractivity (Wildman–Crippen MR) is 167 cm³/mol. The van der Waals surface area contributed by atoms with Gasteiger partial charge in [-0.3, -0.25) is 4.79 Å². The minimum Gasteiger partial charge on any atom is -0.457 e. The number of aryl methyl sites for hydroxylation is 1. The molecule has 5 rings (SSSR count). The Morgan fingerprint density at radius 3 is 2.30 bits per heavy atom. The molecule has 0 aliphatic carbocycles. The van der Waals surface area contributed by atoms with Gasteiger partial charge < -0.3 is 19.2 Å². The maximum Gasteiger partial charge on any atom is 0.251 e. The van der Waals surface area contributed by atoms with Crippen LogP contribution in [0.25, 0.3) is 11.1 Å². The van der Waals surface area contributed by atoms with Crippen molar-refractivity contribution >= 4 is 5.91 Å². The van der Waals surface area contributed by atoms with Crippen molar-refractivity contribution in [3.63, 3.8) is 0 Å². The first-order valence-corrected chi connectivity index (χ1v) is 14.8. The molecule has 0 spiro atoms. The fourth-order valence-corrected chi connectivity index (χ4v) is 4.81. The highest BCUT2D eigenvalue weighted by Crippen LogP contribution is 2.26. The molecule has 5 aromatic rings. The number of amides is 1. The van der Waals surface area contributed by atoms with Gasteiger partial charge in [-0.05, 0) is 78.4 Å². The van der Waals surface area contributed by atoms with Gasteiger partial charge in [0.05, 0.1) is 0 Å². The summed E-state index contributed by atoms with van der Waals surface area (Å²) in [6.07, 6.45) is 2.84. The highest BCUT2D eigenvalue weighted by molar-refractivity contribution is 5.94. The smallest absolute Gasteiger partial charge is 0.251 e. The van der Waals surface area contributed by atoms with E-state index in [-0.39, 0.29) is 12.0 Å². The molecule has 1 N–H and O–H groups in total. The number of nitrogens with one attached hydrogen (secondary N) is 1. The Kier molecular flexibility index (Phi) is 10.3. The van der Waals surface area contributed by atoms with Crippen LogP contribution in [0.3, 0.4) is 0 Å². The number of hydrogen-bond acceptors (Lipinski definition) is 6. The zero-order valence-corrected chi connectivity index (χ0v) is 24.7. The molecule has 7 nitrogen and oxygen atoms in total. The second kappa shape index (κ2) is 14.9. The van der Waals surface area contributed by atoms with Crippen molar-refractivity contribution in [1.29, 1.82) is 0 Å². The van der Waals surface area contributed by atoms with Crippen molar-refractivity contribution in [2.24, 2.45) is 0 Å². The van der Waals surface area contributed by atoms with Crippen molar-refractivity contribution < 1.29 is 18.7 Å². The van der Waals surface area contributed by atoms with E-state index in [0.717, 1.165) is 47.3 Å². The van der Waals surface area contributed by atoms with E-state index in [4.69, 9.17) is 13.9 Å². The number of carbonyl (C=O) groups is 1. The van der Waals surface area contributed by atoms with E-state index in [2.05, 4.69) is 71.0 Å². The molecule has 43 heavy (non-hydrogen) atoms. The van der Waals surface area contributed by atoms with E-state index < -0.39 is 0 Å². The molecule has 1 atom stereocenters. The molecule has 1 heterocycles. The molecule has 0 aliphatic heterocycles. The van der Waals surface area contributed by atoms with Gasteiger partial charge in [0, 0.05) is 31.6 Å². The van der Waals surface area contributed by atoms with E-state index in [1.54, 1.807) is 12.1 Å². The summed E-state index contributed by atoms with van der Waals surface area (Å²) in [5.74, 6) is 2.53. The van der Waals surface area contributed by atoms with Gasteiger partial charge in [-0.25, -0.2) is 0 Å². The average Bonchev–Trinajstić information content (AvgIpc) is 3.51. The number of ether oxygens (including phenoxy) is 2. The number of rotatable bonds is 14. The normalized spacial score (nSPS) is 11.7. The van der Waals surface area contributed by atoms with Gasteiger partial charge in [0.15, 0.2) is 0 Å². The summed E-state index contributed by atoms with van der Waals surface area (Å²) in [6, 6.07) is 33.7. The largest absolute Gasteiger partial charge is 0.457 e. The molecule has 0 saturated heterocycles. The molecule has 1 unspecified atom stereocenters. The minimum absolute atomic E-state index is 0.106. The molecule has 1 amide bonds. The molecular weight excluding hydrogens is 538 g/mol. The molecule has 0 bridgehead atoms. The van der Waals surface area contributed by atoms with Crippen molar-refractivity contribution in [2.45, 2.75) is 45.6 Å². The zero-order valence-electron chi connectivity index (χ0n) is 24.7. The Hall–Kier alpha value is -4.75. The van der Waals surface area contributed by atoms with Crippen LogP contribution in [0.2, 0.25) is 0 Å². The van der Waals surface area contributed by atoms with Crippen LogP contribution in [0.4, 0.5) is 0 Å². The molecule has 0 fully saturated rings. The molecule has 0 radical (unpaired) electrons. The Bertz CT molecular complexity index is 1580. The third kappa shape index (κ3) is 8.40.